The van der Waals surface area contributed by atoms with Gasteiger partial charge in [-0.1, -0.05) is 18.2 Å². The molecule has 0 aliphatic rings. The number of carbonyl (C=O) groups is 1. The molecule has 82 valence electrons. The Hall–Kier alpha value is -1.92. The molecule has 3 nitrogen and oxygen atoms in total. The Kier molecular flexibility index (Phi) is 4.97. The lowest BCUT2D eigenvalue weighted by atomic mass is 10.1. The largest absolute Gasteiger partial charge is 0.373 e. The van der Waals surface area contributed by atoms with Gasteiger partial charge in [-0.05, 0) is 18.6 Å². The average Bonchev–Trinajstić information content (AvgIpc) is 2.34. The third-order valence-electron chi connectivity index (χ3n) is 2.04. The number of ketones is 1. The van der Waals surface area contributed by atoms with Gasteiger partial charge < -0.3 is 4.74 Å². The van der Waals surface area contributed by atoms with Crippen LogP contribution in [0.15, 0.2) is 36.9 Å². The first kappa shape index (κ1) is 12.2. The Morgan fingerprint density at radius 1 is 1.44 bits per heavy atom. The molecule has 1 aromatic rings. The van der Waals surface area contributed by atoms with Crippen LogP contribution in [0.4, 0.5) is 0 Å². The predicted molar refractivity (Wildman–Crippen MR) is 61.1 cm³/mol. The highest BCUT2D eigenvalue weighted by atomic mass is 16.5. The molecule has 0 aliphatic heterocycles. The zero-order chi connectivity index (χ0) is 11.8. The van der Waals surface area contributed by atoms with Crippen molar-refractivity contribution < 1.29 is 9.53 Å². The third kappa shape index (κ3) is 3.68. The number of hydrogen-bond acceptors (Lipinski definition) is 3. The fraction of sp³-hybridized carbons (Fsp3) is 0.231. The van der Waals surface area contributed by atoms with Crippen molar-refractivity contribution in [1.82, 2.24) is 0 Å². The molecule has 0 N–H and O–H groups in total. The summed E-state index contributed by atoms with van der Waals surface area (Å²) in [5.74, 6) is -0.0754. The van der Waals surface area contributed by atoms with Gasteiger partial charge in [0.2, 0.25) is 0 Å². The van der Waals surface area contributed by atoms with E-state index in [2.05, 4.69) is 6.58 Å². The second-order valence-corrected chi connectivity index (χ2v) is 3.24. The lowest BCUT2D eigenvalue weighted by Crippen LogP contribution is -2.09. The normalized spacial score (nSPS) is 9.44. The summed E-state index contributed by atoms with van der Waals surface area (Å²) >= 11 is 0. The first-order chi connectivity index (χ1) is 7.77. The molecule has 16 heavy (non-hydrogen) atoms. The monoisotopic (exact) mass is 215 g/mol. The summed E-state index contributed by atoms with van der Waals surface area (Å²) in [5, 5.41) is 8.60. The van der Waals surface area contributed by atoms with Gasteiger partial charge in [0, 0.05) is 5.56 Å². The number of nitrogens with zero attached hydrogens (tertiary/aromatic N) is 1. The van der Waals surface area contributed by atoms with E-state index in [-0.39, 0.29) is 12.4 Å². The second kappa shape index (κ2) is 6.54. The van der Waals surface area contributed by atoms with Crippen molar-refractivity contribution in [1.29, 1.82) is 5.26 Å². The molecular weight excluding hydrogens is 202 g/mol. The number of benzene rings is 1. The zero-order valence-corrected chi connectivity index (χ0v) is 8.98. The Bertz CT molecular complexity index is 401. The van der Waals surface area contributed by atoms with Crippen molar-refractivity contribution in [3.8, 4) is 6.07 Å². The van der Waals surface area contributed by atoms with Crippen molar-refractivity contribution in [3.63, 3.8) is 0 Å². The predicted octanol–water partition coefficient (Wildman–Crippen LogP) is 2.33. The minimum absolute atomic E-state index is 0.0692. The summed E-state index contributed by atoms with van der Waals surface area (Å²) in [7, 11) is 0. The van der Waals surface area contributed by atoms with E-state index < -0.39 is 0 Å². The number of Topliss-reactive ketones (excluding diaryl/α,β-unsaturated/α-hetero) is 1. The van der Waals surface area contributed by atoms with Crippen LogP contribution >= 0.6 is 0 Å². The molecule has 0 bridgehead atoms. The smallest absolute Gasteiger partial charge is 0.188 e. The summed E-state index contributed by atoms with van der Waals surface area (Å²) in [6, 6.07) is 8.52. The second-order valence-electron chi connectivity index (χ2n) is 3.24. The highest BCUT2D eigenvalue weighted by Gasteiger charge is 2.05. The molecule has 0 aliphatic carbocycles. The van der Waals surface area contributed by atoms with Crippen molar-refractivity contribution in [2.24, 2.45) is 0 Å². The van der Waals surface area contributed by atoms with E-state index in [1.807, 2.05) is 6.07 Å². The number of nitriles is 1. The van der Waals surface area contributed by atoms with Gasteiger partial charge in [-0.3, -0.25) is 4.79 Å². The van der Waals surface area contributed by atoms with Crippen LogP contribution < -0.4 is 0 Å². The van der Waals surface area contributed by atoms with E-state index in [9.17, 15) is 4.79 Å². The number of ether oxygens (including phenoxy) is 1. The van der Waals surface area contributed by atoms with Crippen LogP contribution in [-0.4, -0.2) is 19.0 Å². The highest BCUT2D eigenvalue weighted by Crippen LogP contribution is 2.04. The van der Waals surface area contributed by atoms with Crippen molar-refractivity contribution in [2.75, 3.05) is 13.2 Å². The van der Waals surface area contributed by atoms with Crippen LogP contribution in [0.2, 0.25) is 0 Å². The van der Waals surface area contributed by atoms with E-state index in [1.165, 1.54) is 0 Å². The Labute approximate surface area is 95.0 Å². The molecule has 0 saturated carbocycles. The van der Waals surface area contributed by atoms with Crippen LogP contribution in [0.25, 0.3) is 0 Å². The third-order valence-corrected chi connectivity index (χ3v) is 2.04. The minimum Gasteiger partial charge on any atom is -0.373 e. The van der Waals surface area contributed by atoms with Gasteiger partial charge in [-0.15, -0.1) is 6.58 Å². The van der Waals surface area contributed by atoms with Gasteiger partial charge in [0.25, 0.3) is 0 Å². The molecule has 1 rings (SSSR count). The SMILES string of the molecule is C=CCCOCC(=O)c1ccc(C#N)cc1. The van der Waals surface area contributed by atoms with Crippen LogP contribution in [-0.2, 0) is 4.74 Å². The molecule has 0 fully saturated rings. The summed E-state index contributed by atoms with van der Waals surface area (Å²) in [6.07, 6.45) is 2.48. The molecule has 3 heteroatoms. The van der Waals surface area contributed by atoms with Crippen LogP contribution in [0.5, 0.6) is 0 Å². The van der Waals surface area contributed by atoms with E-state index in [4.69, 9.17) is 10.00 Å². The Balaban J connectivity index is 2.47. The van der Waals surface area contributed by atoms with Crippen LogP contribution in [0.1, 0.15) is 22.3 Å². The maximum absolute atomic E-state index is 11.6. The molecular formula is C13H13NO2. The first-order valence-corrected chi connectivity index (χ1v) is 5.00. The van der Waals surface area contributed by atoms with Gasteiger partial charge in [-0.25, -0.2) is 0 Å². The van der Waals surface area contributed by atoms with E-state index in [1.54, 1.807) is 30.3 Å². The first-order valence-electron chi connectivity index (χ1n) is 5.00. The quantitative estimate of drug-likeness (QED) is 0.415. The topological polar surface area (TPSA) is 50.1 Å². The highest BCUT2D eigenvalue weighted by molar-refractivity contribution is 5.97. The Morgan fingerprint density at radius 3 is 2.69 bits per heavy atom. The van der Waals surface area contributed by atoms with Crippen LogP contribution in [0, 0.1) is 11.3 Å². The van der Waals surface area contributed by atoms with Crippen LogP contribution in [0.3, 0.4) is 0 Å². The standard InChI is InChI=1S/C13H13NO2/c1-2-3-8-16-10-13(15)12-6-4-11(9-14)5-7-12/h2,4-7H,1,3,8,10H2. The minimum atomic E-state index is -0.0754. The molecule has 1 aromatic carbocycles. The van der Waals surface area contributed by atoms with Crippen molar-refractivity contribution in [2.45, 2.75) is 6.42 Å². The zero-order valence-electron chi connectivity index (χ0n) is 8.98. The summed E-state index contributed by atoms with van der Waals surface area (Å²) in [5.41, 5.74) is 1.11. The maximum Gasteiger partial charge on any atom is 0.188 e. The molecule has 0 radical (unpaired) electrons. The maximum atomic E-state index is 11.6. The average molecular weight is 215 g/mol. The fourth-order valence-corrected chi connectivity index (χ4v) is 1.15. The lowest BCUT2D eigenvalue weighted by molar-refractivity contribution is 0.0768. The molecule has 0 heterocycles. The Morgan fingerprint density at radius 2 is 2.12 bits per heavy atom. The van der Waals surface area contributed by atoms with E-state index in [0.717, 1.165) is 6.42 Å². The van der Waals surface area contributed by atoms with Gasteiger partial charge in [0.05, 0.1) is 18.2 Å². The van der Waals surface area contributed by atoms with E-state index in [0.29, 0.717) is 17.7 Å². The van der Waals surface area contributed by atoms with Gasteiger partial charge in [0.15, 0.2) is 5.78 Å². The number of hydrogen-bond donors (Lipinski definition) is 0. The van der Waals surface area contributed by atoms with Gasteiger partial charge >= 0.3 is 0 Å². The molecule has 0 spiro atoms. The van der Waals surface area contributed by atoms with Gasteiger partial charge in [0.1, 0.15) is 6.61 Å². The van der Waals surface area contributed by atoms with Crippen molar-refractivity contribution in [3.05, 3.63) is 48.0 Å². The summed E-state index contributed by atoms with van der Waals surface area (Å²) in [4.78, 5) is 11.6. The number of carbonyl (C=O) groups excluding carboxylic acids is 1. The molecule has 0 atom stereocenters. The summed E-state index contributed by atoms with van der Waals surface area (Å²) in [6.45, 7) is 4.13. The number of rotatable bonds is 6. The molecule has 0 aromatic heterocycles. The molecule has 0 unspecified atom stereocenters. The molecule has 0 amide bonds. The van der Waals surface area contributed by atoms with E-state index >= 15 is 0 Å². The molecule has 0 saturated heterocycles. The van der Waals surface area contributed by atoms with Crippen molar-refractivity contribution >= 4 is 5.78 Å². The fourth-order valence-electron chi connectivity index (χ4n) is 1.15. The summed E-state index contributed by atoms with van der Waals surface area (Å²) < 4.78 is 5.16. The van der Waals surface area contributed by atoms with Gasteiger partial charge in [-0.2, -0.15) is 5.26 Å². The lowest BCUT2D eigenvalue weighted by Gasteiger charge is -2.02.